The van der Waals surface area contributed by atoms with Gasteiger partial charge in [0.05, 0.1) is 12.2 Å². The maximum atomic E-state index is 13.4. The number of imide groups is 2. The highest BCUT2D eigenvalue weighted by Gasteiger charge is 2.37. The minimum Gasteiger partial charge on any atom is -0.492 e. The Balaban J connectivity index is 1.44. The van der Waals surface area contributed by atoms with Crippen molar-refractivity contribution < 1.29 is 23.5 Å². The van der Waals surface area contributed by atoms with E-state index in [4.69, 9.17) is 16.3 Å². The summed E-state index contributed by atoms with van der Waals surface area (Å²) in [6.45, 7) is 2.79. The molecule has 1 saturated heterocycles. The monoisotopic (exact) mass is 517 g/mol. The maximum absolute atomic E-state index is 13.4. The molecule has 4 aromatic rings. The van der Waals surface area contributed by atoms with E-state index in [1.54, 1.807) is 12.1 Å². The first-order valence-electron chi connectivity index (χ1n) is 11.5. The lowest BCUT2D eigenvalue weighted by atomic mass is 10.1. The molecule has 0 spiro atoms. The van der Waals surface area contributed by atoms with Gasteiger partial charge in [0, 0.05) is 27.7 Å². The lowest BCUT2D eigenvalue weighted by Gasteiger charge is -2.26. The Bertz CT molecular complexity index is 1580. The Hall–Kier alpha value is -4.43. The van der Waals surface area contributed by atoms with Crippen molar-refractivity contribution in [3.63, 3.8) is 0 Å². The van der Waals surface area contributed by atoms with Crippen LogP contribution < -0.4 is 15.0 Å². The fourth-order valence-corrected chi connectivity index (χ4v) is 4.30. The van der Waals surface area contributed by atoms with Gasteiger partial charge in [-0.25, -0.2) is 14.1 Å². The number of para-hydroxylation sites is 1. The molecule has 2 heterocycles. The molecule has 37 heavy (non-hydrogen) atoms. The molecule has 3 aromatic carbocycles. The Labute approximate surface area is 216 Å². The molecule has 0 aliphatic carbocycles. The molecule has 5 rings (SSSR count). The van der Waals surface area contributed by atoms with Crippen LogP contribution in [0.2, 0.25) is 5.02 Å². The number of nitrogens with zero attached hydrogens (tertiary/aromatic N) is 2. The number of rotatable bonds is 6. The third-order valence-corrected chi connectivity index (χ3v) is 6.46. The number of aromatic nitrogens is 1. The van der Waals surface area contributed by atoms with Crippen LogP contribution in [0.5, 0.6) is 5.75 Å². The van der Waals surface area contributed by atoms with Gasteiger partial charge >= 0.3 is 6.03 Å². The van der Waals surface area contributed by atoms with E-state index in [1.165, 1.54) is 18.2 Å². The summed E-state index contributed by atoms with van der Waals surface area (Å²) >= 11 is 6.08. The zero-order valence-corrected chi connectivity index (χ0v) is 20.5. The molecule has 0 bridgehead atoms. The highest BCUT2D eigenvalue weighted by Crippen LogP contribution is 2.27. The zero-order chi connectivity index (χ0) is 26.1. The standard InChI is InChI=1S/C28H21ClFN3O4/c1-17-14-21(10-11-24(17)29)37-13-12-32-16-18(22-4-2-3-5-25(22)32)15-23-26(34)31-28(36)33(27(23)35)20-8-6-19(30)7-9-20/h2-11,14-16H,12-13H2,1H3,(H,31,34,36). The molecule has 1 N–H and O–H groups in total. The van der Waals surface area contributed by atoms with E-state index in [0.29, 0.717) is 29.5 Å². The van der Waals surface area contributed by atoms with Gasteiger partial charge in [0.25, 0.3) is 11.8 Å². The number of carbonyl (C=O) groups is 3. The Morgan fingerprint density at radius 3 is 2.54 bits per heavy atom. The number of halogens is 2. The predicted molar refractivity (Wildman–Crippen MR) is 139 cm³/mol. The van der Waals surface area contributed by atoms with Crippen LogP contribution in [0.15, 0.2) is 78.5 Å². The van der Waals surface area contributed by atoms with Crippen LogP contribution in [-0.4, -0.2) is 29.0 Å². The molecular weight excluding hydrogens is 497 g/mol. The fraction of sp³-hybridized carbons (Fsp3) is 0.107. The summed E-state index contributed by atoms with van der Waals surface area (Å²) in [5, 5.41) is 3.68. The predicted octanol–water partition coefficient (Wildman–Crippen LogP) is 5.49. The number of barbiturate groups is 1. The third-order valence-electron chi connectivity index (χ3n) is 6.04. The summed E-state index contributed by atoms with van der Waals surface area (Å²) in [5.41, 5.74) is 2.38. The molecule has 1 aliphatic heterocycles. The van der Waals surface area contributed by atoms with Crippen molar-refractivity contribution in [2.24, 2.45) is 0 Å². The van der Waals surface area contributed by atoms with Crippen molar-refractivity contribution in [1.29, 1.82) is 0 Å². The van der Waals surface area contributed by atoms with Gasteiger partial charge in [0.15, 0.2) is 0 Å². The lowest BCUT2D eigenvalue weighted by Crippen LogP contribution is -2.54. The number of hydrogen-bond donors (Lipinski definition) is 1. The highest BCUT2D eigenvalue weighted by molar-refractivity contribution is 6.39. The minimum atomic E-state index is -0.893. The van der Waals surface area contributed by atoms with E-state index < -0.39 is 23.7 Å². The van der Waals surface area contributed by atoms with E-state index in [2.05, 4.69) is 5.32 Å². The second kappa shape index (κ2) is 9.91. The first kappa shape index (κ1) is 24.3. The van der Waals surface area contributed by atoms with Crippen LogP contribution in [0, 0.1) is 12.7 Å². The number of fused-ring (bicyclic) bond motifs is 1. The average molecular weight is 518 g/mol. The van der Waals surface area contributed by atoms with Crippen molar-refractivity contribution in [3.8, 4) is 5.75 Å². The first-order valence-corrected chi connectivity index (χ1v) is 11.8. The van der Waals surface area contributed by atoms with E-state index in [0.717, 1.165) is 33.5 Å². The zero-order valence-electron chi connectivity index (χ0n) is 19.7. The van der Waals surface area contributed by atoms with Crippen LogP contribution >= 0.6 is 11.6 Å². The molecular formula is C28H21ClFN3O4. The number of benzene rings is 3. The molecule has 0 atom stereocenters. The summed E-state index contributed by atoms with van der Waals surface area (Å²) in [6.07, 6.45) is 3.29. The Kier molecular flexibility index (Phi) is 6.50. The molecule has 0 unspecified atom stereocenters. The summed E-state index contributed by atoms with van der Waals surface area (Å²) < 4.78 is 21.2. The smallest absolute Gasteiger partial charge is 0.335 e. The average Bonchev–Trinajstić information content (AvgIpc) is 3.22. The van der Waals surface area contributed by atoms with E-state index in [-0.39, 0.29) is 11.3 Å². The van der Waals surface area contributed by atoms with Gasteiger partial charge in [-0.15, -0.1) is 0 Å². The summed E-state index contributed by atoms with van der Waals surface area (Å²) in [6, 6.07) is 17.0. The summed E-state index contributed by atoms with van der Waals surface area (Å²) in [5.74, 6) is -1.40. The van der Waals surface area contributed by atoms with Gasteiger partial charge < -0.3 is 9.30 Å². The van der Waals surface area contributed by atoms with Gasteiger partial charge in [-0.1, -0.05) is 29.8 Å². The second-order valence-electron chi connectivity index (χ2n) is 8.49. The van der Waals surface area contributed by atoms with Crippen molar-refractivity contribution in [1.82, 2.24) is 9.88 Å². The molecule has 4 amide bonds. The molecule has 186 valence electrons. The minimum absolute atomic E-state index is 0.152. The molecule has 0 saturated carbocycles. The number of ether oxygens (including phenoxy) is 1. The van der Waals surface area contributed by atoms with Crippen LogP contribution in [0.3, 0.4) is 0 Å². The summed E-state index contributed by atoms with van der Waals surface area (Å²) in [4.78, 5) is 39.1. The number of urea groups is 1. The molecule has 1 aliphatic rings. The van der Waals surface area contributed by atoms with Gasteiger partial charge in [-0.3, -0.25) is 14.9 Å². The first-order chi connectivity index (χ1) is 17.8. The van der Waals surface area contributed by atoms with Crippen molar-refractivity contribution >= 4 is 52.1 Å². The molecule has 0 radical (unpaired) electrons. The van der Waals surface area contributed by atoms with Crippen molar-refractivity contribution in [2.75, 3.05) is 11.5 Å². The molecule has 7 nitrogen and oxygen atoms in total. The van der Waals surface area contributed by atoms with E-state index in [9.17, 15) is 18.8 Å². The van der Waals surface area contributed by atoms with Gasteiger partial charge in [-0.2, -0.15) is 0 Å². The number of amides is 4. The highest BCUT2D eigenvalue weighted by atomic mass is 35.5. The van der Waals surface area contributed by atoms with E-state index >= 15 is 0 Å². The van der Waals surface area contributed by atoms with Gasteiger partial charge in [-0.05, 0) is 67.1 Å². The second-order valence-corrected chi connectivity index (χ2v) is 8.90. The number of anilines is 1. The van der Waals surface area contributed by atoms with Crippen LogP contribution in [-0.2, 0) is 16.1 Å². The number of carbonyl (C=O) groups excluding carboxylic acids is 3. The number of aryl methyl sites for hydroxylation is 1. The number of nitrogens with one attached hydrogen (secondary N) is 1. The van der Waals surface area contributed by atoms with Crippen LogP contribution in [0.1, 0.15) is 11.1 Å². The molecule has 9 heteroatoms. The van der Waals surface area contributed by atoms with Gasteiger partial charge in [0.2, 0.25) is 0 Å². The third kappa shape index (κ3) is 4.83. The van der Waals surface area contributed by atoms with Crippen LogP contribution in [0.25, 0.3) is 17.0 Å². The largest absolute Gasteiger partial charge is 0.492 e. The fourth-order valence-electron chi connectivity index (χ4n) is 4.18. The lowest BCUT2D eigenvalue weighted by molar-refractivity contribution is -0.122. The molecule has 1 aromatic heterocycles. The summed E-state index contributed by atoms with van der Waals surface area (Å²) in [7, 11) is 0. The van der Waals surface area contributed by atoms with Crippen molar-refractivity contribution in [2.45, 2.75) is 13.5 Å². The Morgan fingerprint density at radius 1 is 1.03 bits per heavy atom. The van der Waals surface area contributed by atoms with Crippen LogP contribution in [0.4, 0.5) is 14.9 Å². The number of hydrogen-bond acceptors (Lipinski definition) is 4. The quantitative estimate of drug-likeness (QED) is 0.271. The maximum Gasteiger partial charge on any atom is 0.335 e. The molecule has 1 fully saturated rings. The van der Waals surface area contributed by atoms with E-state index in [1.807, 2.05) is 48.0 Å². The van der Waals surface area contributed by atoms with Crippen molar-refractivity contribution in [3.05, 3.63) is 100 Å². The van der Waals surface area contributed by atoms with Gasteiger partial charge in [0.1, 0.15) is 23.7 Å². The topological polar surface area (TPSA) is 80.6 Å². The Morgan fingerprint density at radius 2 is 1.78 bits per heavy atom. The SMILES string of the molecule is Cc1cc(OCCn2cc(C=C3C(=O)NC(=O)N(c4ccc(F)cc4)C3=O)c3ccccc32)ccc1Cl. The normalized spacial score (nSPS) is 14.9.